The van der Waals surface area contributed by atoms with E-state index in [9.17, 15) is 10.2 Å². The quantitative estimate of drug-likeness (QED) is 0.367. The number of nitrogen functional groups attached to an aromatic ring is 1. The van der Waals surface area contributed by atoms with Gasteiger partial charge in [-0.1, -0.05) is 0 Å². The molecule has 0 radical (unpaired) electrons. The fourth-order valence-corrected chi connectivity index (χ4v) is 1.99. The van der Waals surface area contributed by atoms with Gasteiger partial charge in [-0.2, -0.15) is 15.0 Å². The summed E-state index contributed by atoms with van der Waals surface area (Å²) in [6.07, 6.45) is 3.19. The third-order valence-electron chi connectivity index (χ3n) is 3.02. The zero-order valence-electron chi connectivity index (χ0n) is 10.5. The number of aliphatic hydroxyl groups excluding tert-OH is 2. The lowest BCUT2D eigenvalue weighted by Gasteiger charge is -2.16. The molecule has 10 nitrogen and oxygen atoms in total. The minimum Gasteiger partial charge on any atom is -0.388 e. The number of nitrogens with one attached hydrogen (secondary N) is 1. The van der Waals surface area contributed by atoms with Crippen molar-refractivity contribution in [2.75, 3.05) is 23.4 Å². The molecule has 2 atom stereocenters. The van der Waals surface area contributed by atoms with Gasteiger partial charge in [0.25, 0.3) is 0 Å². The Balaban J connectivity index is 1.97. The van der Waals surface area contributed by atoms with Crippen molar-refractivity contribution in [3.63, 3.8) is 0 Å². The summed E-state index contributed by atoms with van der Waals surface area (Å²) in [4.78, 5) is 18.1. The zero-order valence-corrected chi connectivity index (χ0v) is 10.5. The van der Waals surface area contributed by atoms with Crippen molar-refractivity contribution in [2.24, 2.45) is 5.84 Å². The van der Waals surface area contributed by atoms with Crippen LogP contribution in [0.15, 0.2) is 18.7 Å². The molecular formula is C10H14N8O2. The largest absolute Gasteiger partial charge is 0.388 e. The number of rotatable bonds is 3. The molecule has 0 saturated carbocycles. The SMILES string of the molecule is NNc1nc(N2CC(O)C(O)C2)nc(-n2ccnc2)n1. The van der Waals surface area contributed by atoms with Crippen LogP contribution in [0.2, 0.25) is 0 Å². The van der Waals surface area contributed by atoms with Gasteiger partial charge >= 0.3 is 0 Å². The summed E-state index contributed by atoms with van der Waals surface area (Å²) in [6, 6.07) is 0. The number of aliphatic hydroxyl groups is 2. The molecule has 1 saturated heterocycles. The van der Waals surface area contributed by atoms with Crippen LogP contribution in [0.1, 0.15) is 0 Å². The summed E-state index contributed by atoms with van der Waals surface area (Å²) in [6.45, 7) is 0.497. The van der Waals surface area contributed by atoms with Gasteiger partial charge in [-0.15, -0.1) is 0 Å². The Kier molecular flexibility index (Phi) is 3.18. The average molecular weight is 278 g/mol. The van der Waals surface area contributed by atoms with Crippen LogP contribution in [0.3, 0.4) is 0 Å². The van der Waals surface area contributed by atoms with E-state index in [4.69, 9.17) is 5.84 Å². The molecule has 0 aliphatic carbocycles. The zero-order chi connectivity index (χ0) is 14.1. The molecule has 0 bridgehead atoms. The first kappa shape index (κ1) is 12.7. The number of imidazole rings is 1. The smallest absolute Gasteiger partial charge is 0.243 e. The molecule has 0 spiro atoms. The first-order valence-electron chi connectivity index (χ1n) is 5.99. The van der Waals surface area contributed by atoms with Crippen molar-refractivity contribution in [2.45, 2.75) is 12.2 Å². The fraction of sp³-hybridized carbons (Fsp3) is 0.400. The summed E-state index contributed by atoms with van der Waals surface area (Å²) < 4.78 is 1.61. The second kappa shape index (κ2) is 5.00. The molecule has 106 valence electrons. The second-order valence-electron chi connectivity index (χ2n) is 4.41. The van der Waals surface area contributed by atoms with E-state index >= 15 is 0 Å². The van der Waals surface area contributed by atoms with Crippen molar-refractivity contribution in [3.8, 4) is 5.95 Å². The standard InChI is InChI=1S/C10H14N8O2/c11-16-8-13-9(17-2-1-12-5-17)15-10(14-8)18-3-6(19)7(20)4-18/h1-2,5-7,19-20H,3-4,11H2,(H,13,14,15,16). The number of aromatic nitrogens is 5. The van der Waals surface area contributed by atoms with Crippen LogP contribution in [-0.4, -0.2) is 60.0 Å². The highest BCUT2D eigenvalue weighted by Crippen LogP contribution is 2.18. The normalized spacial score (nSPS) is 22.2. The minimum absolute atomic E-state index is 0.189. The van der Waals surface area contributed by atoms with Gasteiger partial charge in [0, 0.05) is 25.5 Å². The Bertz CT molecular complexity index is 579. The second-order valence-corrected chi connectivity index (χ2v) is 4.41. The fourth-order valence-electron chi connectivity index (χ4n) is 1.99. The molecule has 0 amide bonds. The molecule has 1 aliphatic heterocycles. The monoisotopic (exact) mass is 278 g/mol. The van der Waals surface area contributed by atoms with Crippen molar-refractivity contribution >= 4 is 11.9 Å². The van der Waals surface area contributed by atoms with Crippen LogP contribution in [0.4, 0.5) is 11.9 Å². The molecule has 3 rings (SSSR count). The van der Waals surface area contributed by atoms with Crippen molar-refractivity contribution in [1.82, 2.24) is 24.5 Å². The Labute approximate surface area is 113 Å². The first-order chi connectivity index (χ1) is 9.67. The third-order valence-corrected chi connectivity index (χ3v) is 3.02. The van der Waals surface area contributed by atoms with E-state index in [-0.39, 0.29) is 19.0 Å². The van der Waals surface area contributed by atoms with Crippen molar-refractivity contribution in [1.29, 1.82) is 0 Å². The van der Waals surface area contributed by atoms with E-state index in [2.05, 4.69) is 25.4 Å². The highest BCUT2D eigenvalue weighted by Gasteiger charge is 2.31. The number of anilines is 2. The maximum atomic E-state index is 9.59. The van der Waals surface area contributed by atoms with Crippen molar-refractivity contribution < 1.29 is 10.2 Å². The van der Waals surface area contributed by atoms with Gasteiger partial charge in [0.1, 0.15) is 6.33 Å². The molecule has 2 unspecified atom stereocenters. The van der Waals surface area contributed by atoms with Gasteiger partial charge in [0.15, 0.2) is 0 Å². The Morgan fingerprint density at radius 3 is 2.45 bits per heavy atom. The molecule has 3 heterocycles. The number of nitrogens with zero attached hydrogens (tertiary/aromatic N) is 6. The molecule has 1 fully saturated rings. The Hall–Kier alpha value is -2.30. The molecule has 2 aromatic rings. The summed E-state index contributed by atoms with van der Waals surface area (Å²) in [5.41, 5.74) is 2.37. The number of nitrogens with two attached hydrogens (primary N) is 1. The van der Waals surface area contributed by atoms with E-state index in [1.165, 1.54) is 0 Å². The van der Waals surface area contributed by atoms with Crippen LogP contribution in [-0.2, 0) is 0 Å². The lowest BCUT2D eigenvalue weighted by molar-refractivity contribution is 0.0572. The third kappa shape index (κ3) is 2.27. The molecular weight excluding hydrogens is 264 g/mol. The summed E-state index contributed by atoms with van der Waals surface area (Å²) in [7, 11) is 0. The van der Waals surface area contributed by atoms with Crippen LogP contribution in [0.5, 0.6) is 0 Å². The topological polar surface area (TPSA) is 138 Å². The van der Waals surface area contributed by atoms with Crippen LogP contribution in [0, 0.1) is 0 Å². The van der Waals surface area contributed by atoms with Gasteiger partial charge in [-0.3, -0.25) is 9.99 Å². The maximum Gasteiger partial charge on any atom is 0.243 e. The predicted molar refractivity (Wildman–Crippen MR) is 69.0 cm³/mol. The summed E-state index contributed by atoms with van der Waals surface area (Å²) >= 11 is 0. The van der Waals surface area contributed by atoms with E-state index in [1.54, 1.807) is 28.2 Å². The minimum atomic E-state index is -0.822. The molecule has 2 aromatic heterocycles. The Morgan fingerprint density at radius 1 is 1.15 bits per heavy atom. The van der Waals surface area contributed by atoms with E-state index < -0.39 is 12.2 Å². The summed E-state index contributed by atoms with van der Waals surface area (Å²) in [5.74, 6) is 6.21. The molecule has 5 N–H and O–H groups in total. The first-order valence-corrected chi connectivity index (χ1v) is 5.99. The number of β-amino-alcohol motifs (C(OH)–C–C–N with tert-alkyl or cyclic N) is 2. The van der Waals surface area contributed by atoms with Gasteiger partial charge in [-0.25, -0.2) is 10.8 Å². The van der Waals surface area contributed by atoms with E-state index in [1.807, 2.05) is 0 Å². The highest BCUT2D eigenvalue weighted by atomic mass is 16.3. The molecule has 20 heavy (non-hydrogen) atoms. The lowest BCUT2D eigenvalue weighted by Crippen LogP contribution is -2.25. The van der Waals surface area contributed by atoms with E-state index in [0.717, 1.165) is 0 Å². The van der Waals surface area contributed by atoms with Crippen LogP contribution in [0.25, 0.3) is 5.95 Å². The average Bonchev–Trinajstić information content (AvgIpc) is 3.09. The summed E-state index contributed by atoms with van der Waals surface area (Å²) in [5, 5.41) is 19.2. The van der Waals surface area contributed by atoms with Gasteiger partial charge in [-0.05, 0) is 0 Å². The molecule has 1 aliphatic rings. The highest BCUT2D eigenvalue weighted by molar-refractivity contribution is 5.41. The lowest BCUT2D eigenvalue weighted by atomic mass is 10.3. The Morgan fingerprint density at radius 2 is 1.85 bits per heavy atom. The van der Waals surface area contributed by atoms with Crippen molar-refractivity contribution in [3.05, 3.63) is 18.7 Å². The predicted octanol–water partition coefficient (Wildman–Crippen LogP) is -2.12. The van der Waals surface area contributed by atoms with Gasteiger partial charge < -0.3 is 15.1 Å². The molecule has 0 aromatic carbocycles. The van der Waals surface area contributed by atoms with Gasteiger partial charge in [0.2, 0.25) is 17.8 Å². The molecule has 10 heteroatoms. The van der Waals surface area contributed by atoms with Crippen LogP contribution >= 0.6 is 0 Å². The van der Waals surface area contributed by atoms with Gasteiger partial charge in [0.05, 0.1) is 12.2 Å². The van der Waals surface area contributed by atoms with Crippen LogP contribution < -0.4 is 16.2 Å². The number of hydrogen-bond donors (Lipinski definition) is 4. The maximum absolute atomic E-state index is 9.59. The number of hydrazine groups is 1. The van der Waals surface area contributed by atoms with E-state index in [0.29, 0.717) is 11.9 Å². The number of hydrogen-bond acceptors (Lipinski definition) is 9.